The Morgan fingerprint density at radius 3 is 2.44 bits per heavy atom. The van der Waals surface area contributed by atoms with Gasteiger partial charge in [-0.15, -0.1) is 11.6 Å². The molecule has 0 aliphatic carbocycles. The quantitative estimate of drug-likeness (QED) is 0.520. The molecule has 1 rings (SSSR count). The molecule has 0 amide bonds. The predicted molar refractivity (Wildman–Crippen MR) is 39.3 cm³/mol. The van der Waals surface area contributed by atoms with Gasteiger partial charge in [0, 0.05) is 18.0 Å². The highest BCUT2D eigenvalue weighted by Crippen LogP contribution is 2.03. The van der Waals surface area contributed by atoms with E-state index in [4.69, 9.17) is 11.6 Å². The van der Waals surface area contributed by atoms with Crippen LogP contribution in [0.1, 0.15) is 5.56 Å². The molecule has 0 spiro atoms. The van der Waals surface area contributed by atoms with Crippen molar-refractivity contribution in [2.45, 2.75) is 5.88 Å². The van der Waals surface area contributed by atoms with Crippen molar-refractivity contribution in [1.29, 1.82) is 0 Å². The van der Waals surface area contributed by atoms with Gasteiger partial charge in [0.25, 0.3) is 0 Å². The highest BCUT2D eigenvalue weighted by molar-refractivity contribution is 9.10. The lowest BCUT2D eigenvalue weighted by Crippen LogP contribution is -1.84. The molecule has 0 saturated carbocycles. The van der Waals surface area contributed by atoms with Gasteiger partial charge in [0.05, 0.1) is 5.88 Å². The second kappa shape index (κ2) is 3.13. The molecule has 0 aliphatic heterocycles. The van der Waals surface area contributed by atoms with E-state index in [9.17, 15) is 0 Å². The molecule has 0 aromatic carbocycles. The Labute approximate surface area is 66.4 Å². The first-order chi connectivity index (χ1) is 4.33. The van der Waals surface area contributed by atoms with Crippen LogP contribution in [-0.2, 0) is 5.88 Å². The molecule has 0 fully saturated rings. The molecule has 2 nitrogen and oxygen atoms in total. The van der Waals surface area contributed by atoms with Crippen molar-refractivity contribution in [1.82, 2.24) is 9.97 Å². The maximum atomic E-state index is 5.48. The summed E-state index contributed by atoms with van der Waals surface area (Å²) in [5.74, 6) is 0.466. The highest BCUT2D eigenvalue weighted by Gasteiger charge is 1.89. The molecular weight excluding hydrogens is 203 g/mol. The van der Waals surface area contributed by atoms with Crippen LogP contribution in [-0.4, -0.2) is 9.97 Å². The highest BCUT2D eigenvalue weighted by atomic mass is 79.9. The van der Waals surface area contributed by atoms with Crippen LogP contribution in [0.5, 0.6) is 0 Å². The third-order valence-electron chi connectivity index (χ3n) is 0.828. The van der Waals surface area contributed by atoms with E-state index < -0.39 is 0 Å². The molecule has 1 aromatic rings. The van der Waals surface area contributed by atoms with Gasteiger partial charge >= 0.3 is 0 Å². The first-order valence-electron chi connectivity index (χ1n) is 2.35. The average Bonchev–Trinajstić information content (AvgIpc) is 1.90. The fraction of sp³-hybridized carbons (Fsp3) is 0.200. The summed E-state index contributed by atoms with van der Waals surface area (Å²) in [6.45, 7) is 0. The second-order valence-corrected chi connectivity index (χ2v) is 2.47. The normalized spacial score (nSPS) is 9.56. The maximum absolute atomic E-state index is 5.48. The van der Waals surface area contributed by atoms with E-state index in [2.05, 4.69) is 25.9 Å². The van der Waals surface area contributed by atoms with Crippen LogP contribution < -0.4 is 0 Å². The van der Waals surface area contributed by atoms with E-state index in [1.54, 1.807) is 12.4 Å². The van der Waals surface area contributed by atoms with E-state index in [-0.39, 0.29) is 0 Å². The molecule has 0 N–H and O–H groups in total. The first kappa shape index (κ1) is 6.96. The van der Waals surface area contributed by atoms with Gasteiger partial charge in [0.2, 0.25) is 0 Å². The van der Waals surface area contributed by atoms with Gasteiger partial charge in [0.1, 0.15) is 0 Å². The van der Waals surface area contributed by atoms with Gasteiger partial charge in [-0.05, 0) is 15.9 Å². The lowest BCUT2D eigenvalue weighted by atomic mass is 10.4. The Balaban J connectivity index is 2.88. The summed E-state index contributed by atoms with van der Waals surface area (Å²) < 4.78 is 0.594. The first-order valence-corrected chi connectivity index (χ1v) is 3.68. The maximum Gasteiger partial charge on any atom is 0.196 e. The molecule has 1 heterocycles. The van der Waals surface area contributed by atoms with Crippen LogP contribution in [0, 0.1) is 0 Å². The summed E-state index contributed by atoms with van der Waals surface area (Å²) in [5, 5.41) is 0. The minimum Gasteiger partial charge on any atom is -0.230 e. The van der Waals surface area contributed by atoms with E-state index in [0.717, 1.165) is 5.56 Å². The lowest BCUT2D eigenvalue weighted by molar-refractivity contribution is 1.07. The van der Waals surface area contributed by atoms with E-state index in [1.807, 2.05) is 0 Å². The number of hydrogen-bond acceptors (Lipinski definition) is 2. The SMILES string of the molecule is ClCc1cnc(Br)nc1. The number of alkyl halides is 1. The number of aromatic nitrogens is 2. The van der Waals surface area contributed by atoms with Crippen LogP contribution in [0.15, 0.2) is 17.1 Å². The van der Waals surface area contributed by atoms with Gasteiger partial charge < -0.3 is 0 Å². The molecule has 0 saturated heterocycles. The van der Waals surface area contributed by atoms with E-state index >= 15 is 0 Å². The van der Waals surface area contributed by atoms with E-state index in [1.165, 1.54) is 0 Å². The minimum atomic E-state index is 0.466. The molecular formula is C5H4BrClN2. The van der Waals surface area contributed by atoms with Crippen molar-refractivity contribution in [3.63, 3.8) is 0 Å². The van der Waals surface area contributed by atoms with Crippen LogP contribution in [0.25, 0.3) is 0 Å². The molecule has 4 heteroatoms. The Morgan fingerprint density at radius 2 is 2.00 bits per heavy atom. The van der Waals surface area contributed by atoms with Gasteiger partial charge in [-0.25, -0.2) is 9.97 Å². The standard InChI is InChI=1S/C5H4BrClN2/c6-5-8-2-4(1-7)3-9-5/h2-3H,1H2. The molecule has 0 unspecified atom stereocenters. The Hall–Kier alpha value is -0.150. The summed E-state index contributed by atoms with van der Waals surface area (Å²) in [7, 11) is 0. The van der Waals surface area contributed by atoms with Crippen LogP contribution >= 0.6 is 27.5 Å². The monoisotopic (exact) mass is 206 g/mol. The largest absolute Gasteiger partial charge is 0.230 e. The van der Waals surface area contributed by atoms with Crippen LogP contribution in [0.4, 0.5) is 0 Å². The minimum absolute atomic E-state index is 0.466. The molecule has 0 atom stereocenters. The van der Waals surface area contributed by atoms with Crippen molar-refractivity contribution in [2.75, 3.05) is 0 Å². The fourth-order valence-corrected chi connectivity index (χ4v) is 0.751. The number of halogens is 2. The van der Waals surface area contributed by atoms with Gasteiger partial charge in [-0.1, -0.05) is 0 Å². The van der Waals surface area contributed by atoms with Gasteiger partial charge in [0.15, 0.2) is 4.73 Å². The Morgan fingerprint density at radius 1 is 1.44 bits per heavy atom. The van der Waals surface area contributed by atoms with Gasteiger partial charge in [-0.3, -0.25) is 0 Å². The summed E-state index contributed by atoms with van der Waals surface area (Å²) in [6.07, 6.45) is 3.37. The predicted octanol–water partition coefficient (Wildman–Crippen LogP) is 1.98. The summed E-state index contributed by atoms with van der Waals surface area (Å²) in [5.41, 5.74) is 0.930. The third-order valence-corrected chi connectivity index (χ3v) is 1.55. The second-order valence-electron chi connectivity index (χ2n) is 1.49. The van der Waals surface area contributed by atoms with Crippen molar-refractivity contribution < 1.29 is 0 Å². The molecule has 0 bridgehead atoms. The zero-order valence-corrected chi connectivity index (χ0v) is 6.85. The molecule has 48 valence electrons. The summed E-state index contributed by atoms with van der Waals surface area (Å²) in [4.78, 5) is 7.74. The zero-order valence-electron chi connectivity index (χ0n) is 4.51. The third kappa shape index (κ3) is 1.91. The van der Waals surface area contributed by atoms with Crippen molar-refractivity contribution in [3.05, 3.63) is 22.7 Å². The van der Waals surface area contributed by atoms with Crippen molar-refractivity contribution in [2.24, 2.45) is 0 Å². The van der Waals surface area contributed by atoms with Crippen LogP contribution in [0.2, 0.25) is 0 Å². The summed E-state index contributed by atoms with van der Waals surface area (Å²) >= 11 is 8.59. The molecule has 1 aromatic heterocycles. The van der Waals surface area contributed by atoms with Crippen molar-refractivity contribution in [3.8, 4) is 0 Å². The Bertz CT molecular complexity index is 187. The number of hydrogen-bond donors (Lipinski definition) is 0. The smallest absolute Gasteiger partial charge is 0.196 e. The molecule has 9 heavy (non-hydrogen) atoms. The summed E-state index contributed by atoms with van der Waals surface area (Å²) in [6, 6.07) is 0. The molecule has 0 radical (unpaired) electrons. The Kier molecular flexibility index (Phi) is 2.42. The van der Waals surface area contributed by atoms with Crippen molar-refractivity contribution >= 4 is 27.5 Å². The molecule has 0 aliphatic rings. The van der Waals surface area contributed by atoms with Gasteiger partial charge in [-0.2, -0.15) is 0 Å². The fourth-order valence-electron chi connectivity index (χ4n) is 0.408. The topological polar surface area (TPSA) is 25.8 Å². The van der Waals surface area contributed by atoms with Crippen LogP contribution in [0.3, 0.4) is 0 Å². The number of nitrogens with zero attached hydrogens (tertiary/aromatic N) is 2. The number of rotatable bonds is 1. The zero-order chi connectivity index (χ0) is 6.69. The average molecular weight is 207 g/mol. The lowest BCUT2D eigenvalue weighted by Gasteiger charge is -1.90. The van der Waals surface area contributed by atoms with E-state index in [0.29, 0.717) is 10.6 Å².